The van der Waals surface area contributed by atoms with Gasteiger partial charge >= 0.3 is 0 Å². The van der Waals surface area contributed by atoms with Crippen LogP contribution in [0.25, 0.3) is 0 Å². The molecule has 4 heteroatoms. The first kappa shape index (κ1) is 9.12. The first-order valence-electron chi connectivity index (χ1n) is 4.50. The van der Waals surface area contributed by atoms with Crippen LogP contribution < -0.4 is 0 Å². The highest BCUT2D eigenvalue weighted by atomic mass is 32.1. The minimum Gasteiger partial charge on any atom is -0.386 e. The van der Waals surface area contributed by atoms with Crippen molar-refractivity contribution in [3.63, 3.8) is 0 Å². The van der Waals surface area contributed by atoms with Crippen molar-refractivity contribution in [3.05, 3.63) is 17.1 Å². The van der Waals surface area contributed by atoms with Gasteiger partial charge in [0.05, 0.1) is 12.2 Å². The predicted octanol–water partition coefficient (Wildman–Crippen LogP) is 1.74. The molecule has 0 radical (unpaired) electrons. The Bertz CT molecular complexity index is 263. The van der Waals surface area contributed by atoms with E-state index < -0.39 is 6.10 Å². The van der Waals surface area contributed by atoms with Crippen LogP contribution in [-0.4, -0.2) is 21.7 Å². The van der Waals surface area contributed by atoms with Crippen molar-refractivity contribution < 1.29 is 9.84 Å². The Morgan fingerprint density at radius 3 is 3.08 bits per heavy atom. The van der Waals surface area contributed by atoms with Crippen molar-refractivity contribution in [2.45, 2.75) is 38.1 Å². The Kier molecular flexibility index (Phi) is 2.62. The molecular formula is C9H13NO2S. The number of aliphatic hydroxyl groups excluding tert-OH is 1. The van der Waals surface area contributed by atoms with E-state index in [0.29, 0.717) is 0 Å². The minimum atomic E-state index is -0.497. The molecule has 1 aliphatic rings. The van der Waals surface area contributed by atoms with Crippen molar-refractivity contribution in [1.29, 1.82) is 0 Å². The molecule has 1 aromatic rings. The normalized spacial score (nSPS) is 30.6. The van der Waals surface area contributed by atoms with Gasteiger partial charge in [0.15, 0.2) is 0 Å². The first-order chi connectivity index (χ1) is 6.27. The third kappa shape index (κ3) is 1.90. The van der Waals surface area contributed by atoms with Crippen LogP contribution in [0.3, 0.4) is 0 Å². The summed E-state index contributed by atoms with van der Waals surface area (Å²) in [7, 11) is 0. The molecule has 13 heavy (non-hydrogen) atoms. The van der Waals surface area contributed by atoms with Crippen LogP contribution in [-0.2, 0) is 4.74 Å². The number of rotatable bonds is 2. The van der Waals surface area contributed by atoms with Crippen LogP contribution in [0.15, 0.2) is 11.6 Å². The van der Waals surface area contributed by atoms with E-state index >= 15 is 0 Å². The van der Waals surface area contributed by atoms with Crippen molar-refractivity contribution in [1.82, 2.24) is 4.37 Å². The van der Waals surface area contributed by atoms with E-state index in [2.05, 4.69) is 4.37 Å². The molecule has 0 spiro atoms. The summed E-state index contributed by atoms with van der Waals surface area (Å²) in [5.41, 5.74) is 0.879. The fourth-order valence-electron chi connectivity index (χ4n) is 1.64. The molecular weight excluding hydrogens is 186 g/mol. The largest absolute Gasteiger partial charge is 0.386 e. The molecule has 1 aromatic heterocycles. The van der Waals surface area contributed by atoms with Crippen LogP contribution in [0.5, 0.6) is 0 Å². The third-order valence-electron chi connectivity index (χ3n) is 2.41. The fourth-order valence-corrected chi connectivity index (χ4v) is 2.20. The van der Waals surface area contributed by atoms with E-state index in [1.54, 1.807) is 6.20 Å². The molecule has 0 bridgehead atoms. The zero-order chi connectivity index (χ0) is 9.26. The lowest BCUT2D eigenvalue weighted by molar-refractivity contribution is -0.0296. The van der Waals surface area contributed by atoms with Gasteiger partial charge in [-0.1, -0.05) is 0 Å². The molecule has 0 saturated carbocycles. The molecule has 2 heterocycles. The second-order valence-corrected chi connectivity index (χ2v) is 4.12. The zero-order valence-corrected chi connectivity index (χ0v) is 8.33. The van der Waals surface area contributed by atoms with Crippen LogP contribution in [0.4, 0.5) is 0 Å². The Labute approximate surface area is 81.5 Å². The molecule has 1 fully saturated rings. The molecule has 0 aromatic carbocycles. The quantitative estimate of drug-likeness (QED) is 0.789. The maximum atomic E-state index is 9.87. The lowest BCUT2D eigenvalue weighted by atomic mass is 10.1. The Hall–Kier alpha value is -0.450. The van der Waals surface area contributed by atoms with E-state index in [-0.39, 0.29) is 12.2 Å². The van der Waals surface area contributed by atoms with Crippen molar-refractivity contribution in [2.75, 3.05) is 0 Å². The number of aliphatic hydroxyl groups is 1. The van der Waals surface area contributed by atoms with Crippen molar-refractivity contribution in [3.8, 4) is 0 Å². The molecule has 0 aliphatic carbocycles. The predicted molar refractivity (Wildman–Crippen MR) is 50.6 cm³/mol. The second-order valence-electron chi connectivity index (χ2n) is 3.47. The monoisotopic (exact) mass is 199 g/mol. The highest BCUT2D eigenvalue weighted by molar-refractivity contribution is 7.03. The Balaban J connectivity index is 2.02. The lowest BCUT2D eigenvalue weighted by Gasteiger charge is -2.16. The van der Waals surface area contributed by atoms with Gasteiger partial charge in [0.1, 0.15) is 6.10 Å². The summed E-state index contributed by atoms with van der Waals surface area (Å²) in [4.78, 5) is 0. The van der Waals surface area contributed by atoms with Gasteiger partial charge in [-0.05, 0) is 31.3 Å². The molecule has 72 valence electrons. The molecule has 1 saturated heterocycles. The molecule has 0 amide bonds. The minimum absolute atomic E-state index is 0.0357. The first-order valence-corrected chi connectivity index (χ1v) is 5.34. The summed E-state index contributed by atoms with van der Waals surface area (Å²) in [5.74, 6) is 0. The van der Waals surface area contributed by atoms with E-state index in [4.69, 9.17) is 4.74 Å². The summed E-state index contributed by atoms with van der Waals surface area (Å²) < 4.78 is 9.53. The summed E-state index contributed by atoms with van der Waals surface area (Å²) >= 11 is 1.36. The van der Waals surface area contributed by atoms with Gasteiger partial charge in [0.2, 0.25) is 0 Å². The van der Waals surface area contributed by atoms with Gasteiger partial charge in [-0.25, -0.2) is 4.37 Å². The van der Waals surface area contributed by atoms with Gasteiger partial charge in [-0.15, -0.1) is 0 Å². The fraction of sp³-hybridized carbons (Fsp3) is 0.667. The van der Waals surface area contributed by atoms with Crippen molar-refractivity contribution >= 4 is 11.5 Å². The van der Waals surface area contributed by atoms with E-state index in [0.717, 1.165) is 18.4 Å². The summed E-state index contributed by atoms with van der Waals surface area (Å²) in [6.07, 6.45) is 3.44. The smallest absolute Gasteiger partial charge is 0.107 e. The average molecular weight is 199 g/mol. The molecule has 3 atom stereocenters. The van der Waals surface area contributed by atoms with Gasteiger partial charge in [-0.3, -0.25) is 0 Å². The molecule has 1 aliphatic heterocycles. The van der Waals surface area contributed by atoms with Gasteiger partial charge in [0, 0.05) is 17.1 Å². The van der Waals surface area contributed by atoms with Gasteiger partial charge in [-0.2, -0.15) is 0 Å². The maximum Gasteiger partial charge on any atom is 0.107 e. The maximum absolute atomic E-state index is 9.87. The molecule has 3 unspecified atom stereocenters. The molecule has 1 N–H and O–H groups in total. The van der Waals surface area contributed by atoms with Crippen LogP contribution >= 0.6 is 11.5 Å². The van der Waals surface area contributed by atoms with E-state index in [1.807, 2.05) is 12.3 Å². The van der Waals surface area contributed by atoms with Crippen LogP contribution in [0.2, 0.25) is 0 Å². The van der Waals surface area contributed by atoms with E-state index in [9.17, 15) is 5.11 Å². The topological polar surface area (TPSA) is 42.4 Å². The zero-order valence-electron chi connectivity index (χ0n) is 7.51. The highest BCUT2D eigenvalue weighted by Gasteiger charge is 2.29. The van der Waals surface area contributed by atoms with Gasteiger partial charge in [0.25, 0.3) is 0 Å². The Morgan fingerprint density at radius 2 is 2.54 bits per heavy atom. The number of hydrogen-bond donors (Lipinski definition) is 1. The highest BCUT2D eigenvalue weighted by Crippen LogP contribution is 2.30. The SMILES string of the molecule is CC1CCC(C(O)c2cnsc2)O1. The molecule has 2 rings (SSSR count). The van der Waals surface area contributed by atoms with E-state index in [1.165, 1.54) is 11.5 Å². The standard InChI is InChI=1S/C9H13NO2S/c1-6-2-3-8(12-6)9(11)7-4-10-13-5-7/h4-6,8-9,11H,2-3H2,1H3. The second kappa shape index (κ2) is 3.74. The molecule has 3 nitrogen and oxygen atoms in total. The van der Waals surface area contributed by atoms with Crippen LogP contribution in [0, 0.1) is 0 Å². The number of nitrogens with zero attached hydrogens (tertiary/aromatic N) is 1. The summed E-state index contributed by atoms with van der Waals surface area (Å²) in [6, 6.07) is 0. The lowest BCUT2D eigenvalue weighted by Crippen LogP contribution is -2.18. The number of hydrogen-bond acceptors (Lipinski definition) is 4. The average Bonchev–Trinajstić information content (AvgIpc) is 2.72. The van der Waals surface area contributed by atoms with Gasteiger partial charge < -0.3 is 9.84 Å². The number of aromatic nitrogens is 1. The third-order valence-corrected chi connectivity index (χ3v) is 3.01. The summed E-state index contributed by atoms with van der Waals surface area (Å²) in [5, 5.41) is 11.7. The Morgan fingerprint density at radius 1 is 1.69 bits per heavy atom. The number of ether oxygens (including phenoxy) is 1. The van der Waals surface area contributed by atoms with Crippen molar-refractivity contribution in [2.24, 2.45) is 0 Å². The summed E-state index contributed by atoms with van der Waals surface area (Å²) in [6.45, 7) is 2.04. The van der Waals surface area contributed by atoms with Crippen LogP contribution in [0.1, 0.15) is 31.4 Å².